The number of ether oxygens (including phenoxy) is 2. The number of carbonyl (C=O) groups excluding carboxylic acids is 1. The van der Waals surface area contributed by atoms with Crippen molar-refractivity contribution in [1.82, 2.24) is 4.68 Å². The average Bonchev–Trinajstić information content (AvgIpc) is 3.15. The quantitative estimate of drug-likeness (QED) is 0.426. The van der Waals surface area contributed by atoms with Gasteiger partial charge in [-0.25, -0.2) is 4.68 Å². The second-order valence-electron chi connectivity index (χ2n) is 6.21. The summed E-state index contributed by atoms with van der Waals surface area (Å²) in [5.41, 5.74) is 7.65. The number of benzene rings is 2. The number of phenols is 1. The van der Waals surface area contributed by atoms with Crippen LogP contribution in [0.15, 0.2) is 57.9 Å². The number of aromatic hydroxyl groups is 1. The largest absolute Gasteiger partial charge is 0.507 e. The van der Waals surface area contributed by atoms with E-state index in [0.717, 1.165) is 11.3 Å². The van der Waals surface area contributed by atoms with Crippen LogP contribution in [-0.4, -0.2) is 49.3 Å². The zero-order valence-corrected chi connectivity index (χ0v) is 17.4. The maximum atomic E-state index is 11.6. The van der Waals surface area contributed by atoms with Crippen LogP contribution in [0.3, 0.4) is 0 Å². The Morgan fingerprint density at radius 1 is 1.27 bits per heavy atom. The summed E-state index contributed by atoms with van der Waals surface area (Å²) in [4.78, 5) is 16.8. The number of aromatic nitrogens is 1. The lowest BCUT2D eigenvalue weighted by molar-refractivity contribution is 0.0998. The summed E-state index contributed by atoms with van der Waals surface area (Å²) >= 11 is 1.41. The van der Waals surface area contributed by atoms with Crippen LogP contribution in [-0.2, 0) is 4.74 Å². The first kappa shape index (κ1) is 21.3. The lowest BCUT2D eigenvalue weighted by Gasteiger charge is -2.07. The number of carbonyl (C=O) groups is 1. The number of methoxy groups -OCH3 is 2. The zero-order chi connectivity index (χ0) is 21.5. The minimum atomic E-state index is -0.707. The second kappa shape index (κ2) is 9.86. The third-order valence-electron chi connectivity index (χ3n) is 4.20. The maximum absolute atomic E-state index is 11.6. The molecule has 3 N–H and O–H groups in total. The fraction of sp³-hybridized carbons (Fsp3) is 0.190. The molecule has 0 spiro atoms. The zero-order valence-electron chi connectivity index (χ0n) is 16.6. The van der Waals surface area contributed by atoms with E-state index in [9.17, 15) is 9.90 Å². The molecule has 30 heavy (non-hydrogen) atoms. The van der Waals surface area contributed by atoms with Crippen LogP contribution in [0, 0.1) is 0 Å². The number of amides is 1. The van der Waals surface area contributed by atoms with Gasteiger partial charge in [-0.2, -0.15) is 5.10 Å². The summed E-state index contributed by atoms with van der Waals surface area (Å²) in [5, 5.41) is 16.4. The number of thiazole rings is 1. The van der Waals surface area contributed by atoms with Gasteiger partial charge in [0.1, 0.15) is 11.5 Å². The Morgan fingerprint density at radius 3 is 2.83 bits per heavy atom. The molecule has 0 bridgehead atoms. The number of hydrogen-bond acceptors (Lipinski definition) is 7. The summed E-state index contributed by atoms with van der Waals surface area (Å²) in [6, 6.07) is 12.2. The molecular formula is C21H22N4O4S. The van der Waals surface area contributed by atoms with Gasteiger partial charge in [0, 0.05) is 18.1 Å². The molecule has 1 aromatic heterocycles. The van der Waals surface area contributed by atoms with Gasteiger partial charge in [0.15, 0.2) is 0 Å². The molecular weight excluding hydrogens is 404 g/mol. The van der Waals surface area contributed by atoms with E-state index in [2.05, 4.69) is 10.1 Å². The molecule has 8 nitrogen and oxygen atoms in total. The monoisotopic (exact) mass is 426 g/mol. The third-order valence-corrected chi connectivity index (χ3v) is 5.06. The predicted molar refractivity (Wildman–Crippen MR) is 116 cm³/mol. The molecule has 3 rings (SSSR count). The van der Waals surface area contributed by atoms with Crippen molar-refractivity contribution < 1.29 is 19.4 Å². The smallest absolute Gasteiger partial charge is 0.252 e. The Kier molecular flexibility index (Phi) is 6.99. The van der Waals surface area contributed by atoms with Gasteiger partial charge in [0.05, 0.1) is 37.7 Å². The van der Waals surface area contributed by atoms with Gasteiger partial charge >= 0.3 is 0 Å². The van der Waals surface area contributed by atoms with Crippen molar-refractivity contribution in [3.63, 3.8) is 0 Å². The minimum Gasteiger partial charge on any atom is -0.507 e. The topological polar surface area (TPSA) is 111 Å². The van der Waals surface area contributed by atoms with Gasteiger partial charge < -0.3 is 20.3 Å². The van der Waals surface area contributed by atoms with E-state index >= 15 is 0 Å². The van der Waals surface area contributed by atoms with Crippen molar-refractivity contribution in [2.45, 2.75) is 0 Å². The van der Waals surface area contributed by atoms with E-state index in [0.29, 0.717) is 29.2 Å². The van der Waals surface area contributed by atoms with Crippen molar-refractivity contribution in [2.75, 3.05) is 27.4 Å². The van der Waals surface area contributed by atoms with E-state index in [1.54, 1.807) is 31.2 Å². The maximum Gasteiger partial charge on any atom is 0.252 e. The summed E-state index contributed by atoms with van der Waals surface area (Å²) < 4.78 is 12.0. The molecule has 0 radical (unpaired) electrons. The molecule has 2 aromatic carbocycles. The highest BCUT2D eigenvalue weighted by Crippen LogP contribution is 2.26. The fourth-order valence-corrected chi connectivity index (χ4v) is 3.55. The third kappa shape index (κ3) is 4.94. The van der Waals surface area contributed by atoms with E-state index in [1.165, 1.54) is 23.5 Å². The van der Waals surface area contributed by atoms with Crippen molar-refractivity contribution in [3.05, 3.63) is 63.8 Å². The fourth-order valence-electron chi connectivity index (χ4n) is 2.69. The Labute approximate surface area is 177 Å². The van der Waals surface area contributed by atoms with Crippen LogP contribution in [0.5, 0.6) is 11.5 Å². The first-order valence-electron chi connectivity index (χ1n) is 9.05. The van der Waals surface area contributed by atoms with E-state index < -0.39 is 5.91 Å². The molecule has 156 valence electrons. The number of hydrogen-bond donors (Lipinski definition) is 2. The Bertz CT molecular complexity index is 1130. The van der Waals surface area contributed by atoms with Crippen LogP contribution in [0.4, 0.5) is 0 Å². The van der Waals surface area contributed by atoms with Gasteiger partial charge in [0.2, 0.25) is 4.80 Å². The highest BCUT2D eigenvalue weighted by atomic mass is 32.1. The molecule has 1 heterocycles. The summed E-state index contributed by atoms with van der Waals surface area (Å²) in [5.74, 6) is -0.150. The summed E-state index contributed by atoms with van der Waals surface area (Å²) in [6.07, 6.45) is 1.70. The summed E-state index contributed by atoms with van der Waals surface area (Å²) in [6.45, 7) is 0.963. The molecule has 0 saturated heterocycles. The second-order valence-corrected chi connectivity index (χ2v) is 7.04. The van der Waals surface area contributed by atoms with Gasteiger partial charge in [-0.1, -0.05) is 12.1 Å². The van der Waals surface area contributed by atoms with Crippen molar-refractivity contribution in [2.24, 2.45) is 15.8 Å². The molecule has 1 amide bonds. The van der Waals surface area contributed by atoms with Crippen molar-refractivity contribution >= 4 is 23.5 Å². The SMILES string of the molecule is COCCN=c1scc(-c2ccc(O)c(C(N)=O)c2)n1N=Cc1cccc(OC)c1. The molecule has 3 aromatic rings. The van der Waals surface area contributed by atoms with Crippen molar-refractivity contribution in [1.29, 1.82) is 0 Å². The molecule has 0 fully saturated rings. The highest BCUT2D eigenvalue weighted by molar-refractivity contribution is 7.07. The average molecular weight is 426 g/mol. The Hall–Kier alpha value is -3.43. The predicted octanol–water partition coefficient (Wildman–Crippen LogP) is 2.46. The van der Waals surface area contributed by atoms with Crippen LogP contribution in [0.1, 0.15) is 15.9 Å². The molecule has 0 unspecified atom stereocenters. The van der Waals surface area contributed by atoms with Crippen molar-refractivity contribution in [3.8, 4) is 22.8 Å². The Balaban J connectivity index is 2.08. The first-order valence-corrected chi connectivity index (χ1v) is 9.93. The normalized spacial score (nSPS) is 11.9. The highest BCUT2D eigenvalue weighted by Gasteiger charge is 2.13. The van der Waals surface area contributed by atoms with E-state index in [-0.39, 0.29) is 11.3 Å². The van der Waals surface area contributed by atoms with Gasteiger partial charge in [-0.15, -0.1) is 11.3 Å². The number of primary amides is 1. The van der Waals surface area contributed by atoms with E-state index in [1.807, 2.05) is 29.6 Å². The number of nitrogens with zero attached hydrogens (tertiary/aromatic N) is 3. The number of nitrogens with two attached hydrogens (primary N) is 1. The van der Waals surface area contributed by atoms with Gasteiger partial charge in [-0.3, -0.25) is 9.79 Å². The van der Waals surface area contributed by atoms with Gasteiger partial charge in [-0.05, 0) is 35.9 Å². The standard InChI is InChI=1S/C21H22N4O4S/c1-28-9-8-23-21-25(24-12-14-4-3-5-16(10-14)29-2)18(13-30-21)15-6-7-19(26)17(11-15)20(22)27/h3-7,10-13,26H,8-9H2,1-2H3,(H2,22,27). The molecule has 0 aliphatic rings. The van der Waals surface area contributed by atoms with Crippen LogP contribution in [0.2, 0.25) is 0 Å². The first-order chi connectivity index (χ1) is 14.5. The van der Waals surface area contributed by atoms with E-state index in [4.69, 9.17) is 15.2 Å². The van der Waals surface area contributed by atoms with Crippen LogP contribution >= 0.6 is 11.3 Å². The summed E-state index contributed by atoms with van der Waals surface area (Å²) in [7, 11) is 3.22. The lowest BCUT2D eigenvalue weighted by Crippen LogP contribution is -2.14. The van der Waals surface area contributed by atoms with Crippen LogP contribution in [0.25, 0.3) is 11.3 Å². The minimum absolute atomic E-state index is 0.0416. The van der Waals surface area contributed by atoms with Crippen LogP contribution < -0.4 is 15.3 Å². The molecule has 0 aliphatic carbocycles. The number of rotatable bonds is 8. The molecule has 0 atom stereocenters. The Morgan fingerprint density at radius 2 is 2.10 bits per heavy atom. The van der Waals surface area contributed by atoms with Gasteiger partial charge in [0.25, 0.3) is 5.91 Å². The molecule has 9 heteroatoms. The lowest BCUT2D eigenvalue weighted by atomic mass is 10.1. The molecule has 0 aliphatic heterocycles. The molecule has 0 saturated carbocycles.